The number of nitro groups is 2. The quantitative estimate of drug-likeness (QED) is 0.255. The number of nitro benzene ring substituents is 2. The smallest absolute Gasteiger partial charge is 0.333 e. The molecule has 0 aromatic heterocycles. The van der Waals surface area contributed by atoms with Crippen LogP contribution in [0.4, 0.5) is 11.4 Å². The number of cyclic esters (lactones) is 4. The lowest BCUT2D eigenvalue weighted by Gasteiger charge is -2.33. The van der Waals surface area contributed by atoms with Crippen molar-refractivity contribution >= 4 is 35.3 Å². The molecule has 6 unspecified atom stereocenters. The normalized spacial score (nSPS) is 31.1. The first-order valence-electron chi connectivity index (χ1n) is 10.8. The lowest BCUT2D eigenvalue weighted by Crippen LogP contribution is -2.45. The zero-order valence-corrected chi connectivity index (χ0v) is 18.0. The van der Waals surface area contributed by atoms with Gasteiger partial charge in [0.1, 0.15) is 23.9 Å². The molecule has 4 saturated heterocycles. The van der Waals surface area contributed by atoms with Gasteiger partial charge in [0, 0.05) is 24.3 Å². The third kappa shape index (κ3) is 2.85. The van der Waals surface area contributed by atoms with Gasteiger partial charge in [-0.25, -0.2) is 19.6 Å². The number of hydrogen-bond acceptors (Lipinski definition) is 12. The van der Waals surface area contributed by atoms with Gasteiger partial charge in [-0.2, -0.15) is 0 Å². The van der Waals surface area contributed by atoms with Crippen LogP contribution in [0.3, 0.4) is 0 Å². The summed E-state index contributed by atoms with van der Waals surface area (Å²) in [5.74, 6) is -5.59. The van der Waals surface area contributed by atoms with Crippen LogP contribution >= 0.6 is 0 Å². The van der Waals surface area contributed by atoms with Gasteiger partial charge in [0.15, 0.2) is 0 Å². The summed E-state index contributed by atoms with van der Waals surface area (Å²) >= 11 is 0. The number of nitrogens with zero attached hydrogens (tertiary/aromatic N) is 4. The van der Waals surface area contributed by atoms with Crippen LogP contribution in [0.15, 0.2) is 48.5 Å². The van der Waals surface area contributed by atoms with Gasteiger partial charge in [0.2, 0.25) is 0 Å². The van der Waals surface area contributed by atoms with Crippen LogP contribution < -0.4 is 0 Å². The standard InChI is InChI=1S/C22H14N4O10/c27-19-13-15(9-1-5-11(6-2-9)25(31)32)23-18-14(20(28)36-22(18)30)16(24(23)17(13)21(29)35-19)10-3-7-12(8-4-10)26(33)34/h1-8,13-18H. The first-order chi connectivity index (χ1) is 17.2. The van der Waals surface area contributed by atoms with E-state index in [-0.39, 0.29) is 11.4 Å². The summed E-state index contributed by atoms with van der Waals surface area (Å²) in [5.41, 5.74) is 0.377. The molecule has 14 heteroatoms. The molecule has 6 rings (SSSR count). The molecule has 6 atom stereocenters. The Kier molecular flexibility index (Phi) is 4.55. The molecule has 36 heavy (non-hydrogen) atoms. The summed E-state index contributed by atoms with van der Waals surface area (Å²) in [6.07, 6.45) is 0. The number of ether oxygens (including phenoxy) is 2. The molecule has 0 N–H and O–H groups in total. The number of non-ortho nitro benzene ring substituents is 2. The van der Waals surface area contributed by atoms with Crippen LogP contribution in [0.25, 0.3) is 0 Å². The minimum Gasteiger partial charge on any atom is -0.392 e. The summed E-state index contributed by atoms with van der Waals surface area (Å²) < 4.78 is 9.83. The first-order valence-corrected chi connectivity index (χ1v) is 10.8. The maximum Gasteiger partial charge on any atom is 0.333 e. The highest BCUT2D eigenvalue weighted by Gasteiger charge is 2.73. The Morgan fingerprint density at radius 1 is 0.556 bits per heavy atom. The SMILES string of the molecule is O=C1OC(=O)C2C1C(c1ccc([N+](=O)[O-])cc1)N1C3C(=O)OC(=O)C3C(c3ccc([N+](=O)[O-])cc3)N21. The lowest BCUT2D eigenvalue weighted by atomic mass is 9.84. The van der Waals surface area contributed by atoms with Crippen molar-refractivity contribution in [1.82, 2.24) is 10.0 Å². The Bertz CT molecular complexity index is 1270. The van der Waals surface area contributed by atoms with Gasteiger partial charge in [-0.3, -0.25) is 29.8 Å². The van der Waals surface area contributed by atoms with E-state index in [2.05, 4.69) is 0 Å². The summed E-state index contributed by atoms with van der Waals surface area (Å²) in [5, 5.41) is 25.1. The van der Waals surface area contributed by atoms with Crippen molar-refractivity contribution in [1.29, 1.82) is 0 Å². The predicted octanol–water partition coefficient (Wildman–Crippen LogP) is 0.968. The van der Waals surface area contributed by atoms with E-state index in [0.29, 0.717) is 11.1 Å². The number of benzene rings is 2. The number of rotatable bonds is 4. The van der Waals surface area contributed by atoms with E-state index in [9.17, 15) is 39.4 Å². The van der Waals surface area contributed by atoms with Gasteiger partial charge in [-0.15, -0.1) is 0 Å². The Balaban J connectivity index is 1.52. The van der Waals surface area contributed by atoms with Crippen molar-refractivity contribution in [3.05, 3.63) is 79.9 Å². The van der Waals surface area contributed by atoms with E-state index in [1.165, 1.54) is 58.5 Å². The van der Waals surface area contributed by atoms with Crippen LogP contribution in [0, 0.1) is 32.1 Å². The molecule has 4 aliphatic heterocycles. The Hall–Kier alpha value is -4.56. The first kappa shape index (κ1) is 21.9. The summed E-state index contributed by atoms with van der Waals surface area (Å²) in [6, 6.07) is 6.25. The molecule has 4 heterocycles. The van der Waals surface area contributed by atoms with Crippen LogP contribution in [-0.4, -0.2) is 55.8 Å². The Labute approximate surface area is 200 Å². The average Bonchev–Trinajstić information content (AvgIpc) is 3.52. The number of carbonyl (C=O) groups is 4. The Morgan fingerprint density at radius 3 is 1.19 bits per heavy atom. The number of hydrogen-bond donors (Lipinski definition) is 0. The van der Waals surface area contributed by atoms with Gasteiger partial charge in [-0.05, 0) is 11.1 Å². The van der Waals surface area contributed by atoms with Gasteiger partial charge < -0.3 is 9.47 Å². The minimum atomic E-state index is -1.19. The molecular formula is C22H14N4O10. The average molecular weight is 494 g/mol. The van der Waals surface area contributed by atoms with Crippen molar-refractivity contribution in [2.75, 3.05) is 0 Å². The predicted molar refractivity (Wildman–Crippen MR) is 112 cm³/mol. The Morgan fingerprint density at radius 2 is 0.889 bits per heavy atom. The van der Waals surface area contributed by atoms with E-state index >= 15 is 0 Å². The van der Waals surface area contributed by atoms with Gasteiger partial charge in [0.25, 0.3) is 11.4 Å². The third-order valence-corrected chi connectivity index (χ3v) is 7.09. The molecule has 14 nitrogen and oxygen atoms in total. The topological polar surface area (TPSA) is 180 Å². The summed E-state index contributed by atoms with van der Waals surface area (Å²) in [4.78, 5) is 72.3. The molecule has 0 bridgehead atoms. The zero-order chi connectivity index (χ0) is 25.5. The highest BCUT2D eigenvalue weighted by molar-refractivity contribution is 6.02. The number of carbonyl (C=O) groups excluding carboxylic acids is 4. The number of esters is 4. The van der Waals surface area contributed by atoms with Gasteiger partial charge in [0.05, 0.1) is 21.9 Å². The van der Waals surface area contributed by atoms with Crippen LogP contribution in [0.2, 0.25) is 0 Å². The van der Waals surface area contributed by atoms with Gasteiger partial charge in [-0.1, -0.05) is 24.3 Å². The van der Waals surface area contributed by atoms with Crippen LogP contribution in [-0.2, 0) is 28.7 Å². The fraction of sp³-hybridized carbons (Fsp3) is 0.273. The highest BCUT2D eigenvalue weighted by atomic mass is 16.6. The molecule has 2 aromatic carbocycles. The number of fused-ring (bicyclic) bond motifs is 5. The second-order valence-electron chi connectivity index (χ2n) is 8.77. The molecule has 0 saturated carbocycles. The maximum absolute atomic E-state index is 12.8. The zero-order valence-electron chi connectivity index (χ0n) is 18.0. The molecule has 0 radical (unpaired) electrons. The van der Waals surface area contributed by atoms with Crippen molar-refractivity contribution in [3.63, 3.8) is 0 Å². The van der Waals surface area contributed by atoms with E-state index in [0.717, 1.165) is 0 Å². The van der Waals surface area contributed by atoms with Gasteiger partial charge >= 0.3 is 23.9 Å². The summed E-state index contributed by atoms with van der Waals surface area (Å²) in [7, 11) is 0. The van der Waals surface area contributed by atoms with E-state index in [1.54, 1.807) is 0 Å². The number of hydrazine groups is 1. The molecule has 4 aliphatic rings. The second-order valence-corrected chi connectivity index (χ2v) is 8.77. The molecule has 4 fully saturated rings. The van der Waals surface area contributed by atoms with E-state index < -0.39 is 69.7 Å². The minimum absolute atomic E-state index is 0.200. The summed E-state index contributed by atoms with van der Waals surface area (Å²) in [6.45, 7) is 0. The van der Waals surface area contributed by atoms with E-state index in [1.807, 2.05) is 0 Å². The van der Waals surface area contributed by atoms with E-state index in [4.69, 9.17) is 9.47 Å². The second kappa shape index (κ2) is 7.47. The van der Waals surface area contributed by atoms with Crippen molar-refractivity contribution in [2.45, 2.75) is 24.2 Å². The maximum atomic E-state index is 12.8. The van der Waals surface area contributed by atoms with Crippen molar-refractivity contribution in [3.8, 4) is 0 Å². The molecule has 2 aromatic rings. The van der Waals surface area contributed by atoms with Crippen molar-refractivity contribution < 1.29 is 38.5 Å². The van der Waals surface area contributed by atoms with Crippen LogP contribution in [0.1, 0.15) is 23.2 Å². The monoisotopic (exact) mass is 494 g/mol. The molecule has 0 amide bonds. The highest BCUT2D eigenvalue weighted by Crippen LogP contribution is 2.58. The fourth-order valence-corrected chi connectivity index (χ4v) is 5.71. The lowest BCUT2D eigenvalue weighted by molar-refractivity contribution is -0.385. The fourth-order valence-electron chi connectivity index (χ4n) is 5.71. The van der Waals surface area contributed by atoms with Crippen molar-refractivity contribution in [2.24, 2.45) is 11.8 Å². The molecule has 0 spiro atoms. The molecule has 182 valence electrons. The largest absolute Gasteiger partial charge is 0.392 e. The van der Waals surface area contributed by atoms with Crippen LogP contribution in [0.5, 0.6) is 0 Å². The molecular weight excluding hydrogens is 480 g/mol. The third-order valence-electron chi connectivity index (χ3n) is 7.09. The molecule has 0 aliphatic carbocycles.